The van der Waals surface area contributed by atoms with Crippen LogP contribution in [0.2, 0.25) is 0 Å². The SMILES string of the molecule is CC(C)c1ccc(NC(=O)c2cc3ccc4cccnc4c3[nH]2)cc1. The zero-order valence-electron chi connectivity index (χ0n) is 14.2. The quantitative estimate of drug-likeness (QED) is 0.550. The number of hydrogen-bond donors (Lipinski definition) is 2. The van der Waals surface area contributed by atoms with E-state index in [4.69, 9.17) is 0 Å². The maximum absolute atomic E-state index is 12.6. The van der Waals surface area contributed by atoms with Gasteiger partial charge in [-0.3, -0.25) is 9.78 Å². The van der Waals surface area contributed by atoms with Crippen LogP contribution in [0.1, 0.15) is 35.8 Å². The Labute approximate surface area is 145 Å². The van der Waals surface area contributed by atoms with Gasteiger partial charge in [-0.15, -0.1) is 0 Å². The number of carbonyl (C=O) groups is 1. The first-order valence-electron chi connectivity index (χ1n) is 8.39. The summed E-state index contributed by atoms with van der Waals surface area (Å²) in [5.41, 5.74) is 4.33. The van der Waals surface area contributed by atoms with Gasteiger partial charge in [-0.2, -0.15) is 0 Å². The summed E-state index contributed by atoms with van der Waals surface area (Å²) in [6, 6.07) is 17.8. The van der Waals surface area contributed by atoms with Gasteiger partial charge in [0.25, 0.3) is 5.91 Å². The molecule has 2 aromatic carbocycles. The van der Waals surface area contributed by atoms with E-state index in [0.717, 1.165) is 27.5 Å². The van der Waals surface area contributed by atoms with E-state index in [1.54, 1.807) is 6.20 Å². The molecule has 4 heteroatoms. The second-order valence-electron chi connectivity index (χ2n) is 6.52. The molecule has 0 saturated heterocycles. The first-order chi connectivity index (χ1) is 12.1. The summed E-state index contributed by atoms with van der Waals surface area (Å²) < 4.78 is 0. The van der Waals surface area contributed by atoms with E-state index >= 15 is 0 Å². The lowest BCUT2D eigenvalue weighted by atomic mass is 10.0. The highest BCUT2D eigenvalue weighted by atomic mass is 16.1. The molecule has 2 N–H and O–H groups in total. The fraction of sp³-hybridized carbons (Fsp3) is 0.143. The van der Waals surface area contributed by atoms with Crippen molar-refractivity contribution in [3.8, 4) is 0 Å². The van der Waals surface area contributed by atoms with Crippen molar-refractivity contribution in [2.45, 2.75) is 19.8 Å². The van der Waals surface area contributed by atoms with Crippen LogP contribution in [0, 0.1) is 0 Å². The Morgan fingerprint density at radius 2 is 1.80 bits per heavy atom. The van der Waals surface area contributed by atoms with Crippen LogP contribution in [0.25, 0.3) is 21.8 Å². The summed E-state index contributed by atoms with van der Waals surface area (Å²) in [7, 11) is 0. The molecule has 2 aromatic heterocycles. The summed E-state index contributed by atoms with van der Waals surface area (Å²) in [5.74, 6) is 0.316. The minimum atomic E-state index is -0.155. The minimum absolute atomic E-state index is 0.155. The van der Waals surface area contributed by atoms with Crippen molar-refractivity contribution < 1.29 is 4.79 Å². The van der Waals surface area contributed by atoms with Crippen molar-refractivity contribution in [2.75, 3.05) is 5.32 Å². The first kappa shape index (κ1) is 15.4. The molecular weight excluding hydrogens is 310 g/mol. The number of nitrogens with one attached hydrogen (secondary N) is 2. The monoisotopic (exact) mass is 329 g/mol. The molecule has 0 saturated carbocycles. The van der Waals surface area contributed by atoms with E-state index in [1.807, 2.05) is 54.6 Å². The topological polar surface area (TPSA) is 57.8 Å². The van der Waals surface area contributed by atoms with E-state index in [1.165, 1.54) is 5.56 Å². The standard InChI is InChI=1S/C21H19N3O/c1-13(2)14-7-9-17(10-8-14)23-21(25)18-12-16-6-5-15-4-3-11-22-19(15)20(16)24-18/h3-13,24H,1-2H3,(H,23,25). The smallest absolute Gasteiger partial charge is 0.272 e. The summed E-state index contributed by atoms with van der Waals surface area (Å²) in [5, 5.41) is 4.97. The number of benzene rings is 2. The van der Waals surface area contributed by atoms with Gasteiger partial charge in [-0.25, -0.2) is 0 Å². The van der Waals surface area contributed by atoms with Crippen molar-refractivity contribution in [3.05, 3.63) is 72.1 Å². The summed E-state index contributed by atoms with van der Waals surface area (Å²) >= 11 is 0. The highest BCUT2D eigenvalue weighted by Gasteiger charge is 2.12. The second-order valence-corrected chi connectivity index (χ2v) is 6.52. The number of fused-ring (bicyclic) bond motifs is 3. The first-order valence-corrected chi connectivity index (χ1v) is 8.39. The molecular formula is C21H19N3O. The summed E-state index contributed by atoms with van der Waals surface area (Å²) in [6.45, 7) is 4.30. The highest BCUT2D eigenvalue weighted by molar-refractivity contribution is 6.10. The lowest BCUT2D eigenvalue weighted by molar-refractivity contribution is 0.102. The fourth-order valence-corrected chi connectivity index (χ4v) is 3.01. The number of hydrogen-bond acceptors (Lipinski definition) is 2. The number of carbonyl (C=O) groups excluding carboxylic acids is 1. The van der Waals surface area contributed by atoms with E-state index in [-0.39, 0.29) is 5.91 Å². The third kappa shape index (κ3) is 2.87. The molecule has 124 valence electrons. The van der Waals surface area contributed by atoms with Gasteiger partial charge in [0.15, 0.2) is 0 Å². The van der Waals surface area contributed by atoms with E-state index < -0.39 is 0 Å². The van der Waals surface area contributed by atoms with E-state index in [0.29, 0.717) is 11.6 Å². The Morgan fingerprint density at radius 1 is 1.04 bits per heavy atom. The van der Waals surface area contributed by atoms with Crippen LogP contribution < -0.4 is 5.32 Å². The average molecular weight is 329 g/mol. The highest BCUT2D eigenvalue weighted by Crippen LogP contribution is 2.24. The van der Waals surface area contributed by atoms with E-state index in [9.17, 15) is 4.79 Å². The Bertz CT molecular complexity index is 1060. The predicted molar refractivity (Wildman–Crippen MR) is 102 cm³/mol. The summed E-state index contributed by atoms with van der Waals surface area (Å²) in [6.07, 6.45) is 1.76. The second kappa shape index (κ2) is 6.06. The molecule has 0 aliphatic rings. The van der Waals surface area contributed by atoms with Gasteiger partial charge in [0, 0.05) is 22.7 Å². The van der Waals surface area contributed by atoms with Crippen molar-refractivity contribution >= 4 is 33.4 Å². The lowest BCUT2D eigenvalue weighted by Crippen LogP contribution is -2.12. The third-order valence-electron chi connectivity index (χ3n) is 4.45. The maximum Gasteiger partial charge on any atom is 0.272 e. The van der Waals surface area contributed by atoms with Crippen LogP contribution in [-0.4, -0.2) is 15.9 Å². The Balaban J connectivity index is 1.64. The largest absolute Gasteiger partial charge is 0.349 e. The van der Waals surface area contributed by atoms with Crippen molar-refractivity contribution in [1.82, 2.24) is 9.97 Å². The molecule has 0 radical (unpaired) electrons. The number of rotatable bonds is 3. The number of nitrogens with zero attached hydrogens (tertiary/aromatic N) is 1. The van der Waals surface area contributed by atoms with Crippen molar-refractivity contribution in [2.24, 2.45) is 0 Å². The lowest BCUT2D eigenvalue weighted by Gasteiger charge is -2.07. The van der Waals surface area contributed by atoms with Crippen LogP contribution >= 0.6 is 0 Å². The number of amides is 1. The Morgan fingerprint density at radius 3 is 2.56 bits per heavy atom. The van der Waals surface area contributed by atoms with Gasteiger partial charge in [0.05, 0.1) is 11.0 Å². The molecule has 0 aliphatic heterocycles. The molecule has 0 atom stereocenters. The van der Waals surface area contributed by atoms with Gasteiger partial charge in [-0.1, -0.05) is 44.2 Å². The van der Waals surface area contributed by atoms with Crippen LogP contribution in [0.15, 0.2) is 60.8 Å². The van der Waals surface area contributed by atoms with Crippen molar-refractivity contribution in [3.63, 3.8) is 0 Å². The molecule has 4 rings (SSSR count). The molecule has 25 heavy (non-hydrogen) atoms. The minimum Gasteiger partial charge on any atom is -0.349 e. The maximum atomic E-state index is 12.6. The normalized spacial score (nSPS) is 11.3. The average Bonchev–Trinajstić information content (AvgIpc) is 3.07. The van der Waals surface area contributed by atoms with Gasteiger partial charge < -0.3 is 10.3 Å². The predicted octanol–water partition coefficient (Wildman–Crippen LogP) is 5.09. The number of anilines is 1. The molecule has 1 amide bonds. The Kier molecular flexibility index (Phi) is 3.73. The van der Waals surface area contributed by atoms with Crippen LogP contribution in [-0.2, 0) is 0 Å². The molecule has 0 bridgehead atoms. The van der Waals surface area contributed by atoms with Gasteiger partial charge in [-0.05, 0) is 35.7 Å². The number of aromatic nitrogens is 2. The van der Waals surface area contributed by atoms with Gasteiger partial charge in [0.2, 0.25) is 0 Å². The van der Waals surface area contributed by atoms with Gasteiger partial charge in [0.1, 0.15) is 5.69 Å². The van der Waals surface area contributed by atoms with Crippen molar-refractivity contribution in [1.29, 1.82) is 0 Å². The fourth-order valence-electron chi connectivity index (χ4n) is 3.01. The number of pyridine rings is 1. The van der Waals surface area contributed by atoms with Crippen LogP contribution in [0.4, 0.5) is 5.69 Å². The van der Waals surface area contributed by atoms with E-state index in [2.05, 4.69) is 29.1 Å². The summed E-state index contributed by atoms with van der Waals surface area (Å²) in [4.78, 5) is 20.2. The third-order valence-corrected chi connectivity index (χ3v) is 4.45. The number of H-pyrrole nitrogens is 1. The molecule has 4 nitrogen and oxygen atoms in total. The zero-order valence-corrected chi connectivity index (χ0v) is 14.2. The zero-order chi connectivity index (χ0) is 17.4. The molecule has 4 aromatic rings. The molecule has 0 fully saturated rings. The van der Waals surface area contributed by atoms with Crippen LogP contribution in [0.5, 0.6) is 0 Å². The number of aromatic amines is 1. The molecule has 2 heterocycles. The molecule has 0 unspecified atom stereocenters. The Hall–Kier alpha value is -3.14. The molecule has 0 aliphatic carbocycles. The van der Waals surface area contributed by atoms with Gasteiger partial charge >= 0.3 is 0 Å². The van der Waals surface area contributed by atoms with Crippen LogP contribution in [0.3, 0.4) is 0 Å². The molecule has 0 spiro atoms.